The summed E-state index contributed by atoms with van der Waals surface area (Å²) in [6, 6.07) is 8.27. The molecule has 0 saturated heterocycles. The fraction of sp³-hybridized carbons (Fsp3) is 0.333. The summed E-state index contributed by atoms with van der Waals surface area (Å²) in [6.45, 7) is 2.70. The number of aromatic carboxylic acids is 1. The molecular weight excluding hydrogens is 240 g/mol. The van der Waals surface area contributed by atoms with Gasteiger partial charge < -0.3 is 5.11 Å². The van der Waals surface area contributed by atoms with Gasteiger partial charge in [0.1, 0.15) is 0 Å². The van der Waals surface area contributed by atoms with Crippen LogP contribution in [-0.2, 0) is 19.4 Å². The van der Waals surface area contributed by atoms with Crippen molar-refractivity contribution in [3.05, 3.63) is 52.3 Å². The Kier molecular flexibility index (Phi) is 2.85. The highest BCUT2D eigenvalue weighted by Gasteiger charge is 2.25. The van der Waals surface area contributed by atoms with Gasteiger partial charge in [-0.2, -0.15) is 5.10 Å². The molecule has 0 amide bonds. The predicted molar refractivity (Wildman–Crippen MR) is 71.5 cm³/mol. The van der Waals surface area contributed by atoms with Crippen LogP contribution in [0, 0.1) is 6.92 Å². The summed E-state index contributed by atoms with van der Waals surface area (Å²) in [5.74, 6) is -0.916. The maximum Gasteiger partial charge on any atom is 0.356 e. The molecule has 0 radical (unpaired) electrons. The van der Waals surface area contributed by atoms with Crippen molar-refractivity contribution in [1.29, 1.82) is 0 Å². The molecule has 0 aliphatic heterocycles. The van der Waals surface area contributed by atoms with Crippen LogP contribution in [0.2, 0.25) is 0 Å². The number of fused-ring (bicyclic) bond motifs is 1. The number of carbonyl (C=O) groups is 1. The van der Waals surface area contributed by atoms with E-state index in [9.17, 15) is 9.90 Å². The molecule has 19 heavy (non-hydrogen) atoms. The topological polar surface area (TPSA) is 55.1 Å². The molecule has 0 fully saturated rings. The minimum atomic E-state index is -0.916. The highest BCUT2D eigenvalue weighted by molar-refractivity contribution is 5.87. The third-order valence-corrected chi connectivity index (χ3v) is 3.66. The van der Waals surface area contributed by atoms with Crippen molar-refractivity contribution in [2.75, 3.05) is 0 Å². The standard InChI is InChI=1S/C15H16N2O2/c1-10-5-7-11(8-6-10)9-17-13-4-2-3-12(13)14(16-17)15(18)19/h5-8H,2-4,9H2,1H3,(H,18,19). The van der Waals surface area contributed by atoms with Gasteiger partial charge in [-0.15, -0.1) is 0 Å². The molecule has 2 aromatic rings. The van der Waals surface area contributed by atoms with E-state index in [2.05, 4.69) is 36.3 Å². The minimum Gasteiger partial charge on any atom is -0.476 e. The summed E-state index contributed by atoms with van der Waals surface area (Å²) in [5.41, 5.74) is 4.64. The first-order valence-electron chi connectivity index (χ1n) is 6.52. The second-order valence-corrected chi connectivity index (χ2v) is 5.08. The normalized spacial score (nSPS) is 13.5. The smallest absolute Gasteiger partial charge is 0.356 e. The van der Waals surface area contributed by atoms with Gasteiger partial charge >= 0.3 is 5.97 Å². The second-order valence-electron chi connectivity index (χ2n) is 5.08. The number of aromatic nitrogens is 2. The Bertz CT molecular complexity index is 626. The molecule has 0 unspecified atom stereocenters. The summed E-state index contributed by atoms with van der Waals surface area (Å²) in [6.07, 6.45) is 2.80. The molecular formula is C15H16N2O2. The van der Waals surface area contributed by atoms with E-state index in [-0.39, 0.29) is 5.69 Å². The molecule has 0 saturated carbocycles. The van der Waals surface area contributed by atoms with Crippen molar-refractivity contribution in [2.24, 2.45) is 0 Å². The highest BCUT2D eigenvalue weighted by Crippen LogP contribution is 2.26. The molecule has 1 N–H and O–H groups in total. The van der Waals surface area contributed by atoms with E-state index in [0.717, 1.165) is 36.1 Å². The van der Waals surface area contributed by atoms with E-state index in [1.807, 2.05) is 4.68 Å². The maximum absolute atomic E-state index is 11.2. The SMILES string of the molecule is Cc1ccc(Cn2nc(C(=O)O)c3c2CCC3)cc1. The largest absolute Gasteiger partial charge is 0.476 e. The van der Waals surface area contributed by atoms with Crippen LogP contribution in [-0.4, -0.2) is 20.9 Å². The van der Waals surface area contributed by atoms with Gasteiger partial charge in [0.15, 0.2) is 5.69 Å². The van der Waals surface area contributed by atoms with Gasteiger partial charge in [-0.1, -0.05) is 29.8 Å². The van der Waals surface area contributed by atoms with E-state index in [0.29, 0.717) is 6.54 Å². The molecule has 3 rings (SSSR count). The highest BCUT2D eigenvalue weighted by atomic mass is 16.4. The van der Waals surface area contributed by atoms with Crippen LogP contribution in [0.3, 0.4) is 0 Å². The molecule has 1 aliphatic rings. The number of carboxylic acids is 1. The number of nitrogens with zero attached hydrogens (tertiary/aromatic N) is 2. The van der Waals surface area contributed by atoms with Crippen LogP contribution in [0.1, 0.15) is 39.3 Å². The Labute approximate surface area is 111 Å². The summed E-state index contributed by atoms with van der Waals surface area (Å²) >= 11 is 0. The third-order valence-electron chi connectivity index (χ3n) is 3.66. The first kappa shape index (κ1) is 12.0. The van der Waals surface area contributed by atoms with Crippen LogP contribution < -0.4 is 0 Å². The molecule has 1 heterocycles. The zero-order valence-corrected chi connectivity index (χ0v) is 10.9. The summed E-state index contributed by atoms with van der Waals surface area (Å²) in [4.78, 5) is 11.2. The summed E-state index contributed by atoms with van der Waals surface area (Å²) < 4.78 is 1.86. The van der Waals surface area contributed by atoms with Crippen LogP contribution in [0.15, 0.2) is 24.3 Å². The Morgan fingerprint density at radius 1 is 1.32 bits per heavy atom. The summed E-state index contributed by atoms with van der Waals surface area (Å²) in [7, 11) is 0. The van der Waals surface area contributed by atoms with Gasteiger partial charge in [-0.3, -0.25) is 4.68 Å². The molecule has 0 spiro atoms. The number of benzene rings is 1. The van der Waals surface area contributed by atoms with Gasteiger partial charge in [0.2, 0.25) is 0 Å². The first-order chi connectivity index (χ1) is 9.15. The lowest BCUT2D eigenvalue weighted by atomic mass is 10.1. The van der Waals surface area contributed by atoms with E-state index < -0.39 is 5.97 Å². The zero-order valence-electron chi connectivity index (χ0n) is 10.9. The van der Waals surface area contributed by atoms with Crippen LogP contribution in [0.4, 0.5) is 0 Å². The lowest BCUT2D eigenvalue weighted by molar-refractivity contribution is 0.0688. The Balaban J connectivity index is 1.95. The fourth-order valence-electron chi connectivity index (χ4n) is 2.68. The van der Waals surface area contributed by atoms with E-state index in [1.54, 1.807) is 0 Å². The first-order valence-corrected chi connectivity index (χ1v) is 6.52. The molecule has 1 aliphatic carbocycles. The maximum atomic E-state index is 11.2. The monoisotopic (exact) mass is 256 g/mol. The van der Waals surface area contributed by atoms with Crippen molar-refractivity contribution < 1.29 is 9.90 Å². The van der Waals surface area contributed by atoms with Crippen molar-refractivity contribution in [3.8, 4) is 0 Å². The molecule has 4 nitrogen and oxygen atoms in total. The van der Waals surface area contributed by atoms with E-state index in [1.165, 1.54) is 5.56 Å². The van der Waals surface area contributed by atoms with Crippen LogP contribution >= 0.6 is 0 Å². The van der Waals surface area contributed by atoms with Crippen LogP contribution in [0.5, 0.6) is 0 Å². The number of aryl methyl sites for hydroxylation is 1. The van der Waals surface area contributed by atoms with Gasteiger partial charge in [0.05, 0.1) is 6.54 Å². The Morgan fingerprint density at radius 3 is 2.74 bits per heavy atom. The van der Waals surface area contributed by atoms with Gasteiger partial charge in [-0.25, -0.2) is 4.79 Å². The average molecular weight is 256 g/mol. The predicted octanol–water partition coefficient (Wildman–Crippen LogP) is 2.43. The van der Waals surface area contributed by atoms with E-state index in [4.69, 9.17) is 0 Å². The Morgan fingerprint density at radius 2 is 2.05 bits per heavy atom. The molecule has 1 aromatic carbocycles. The lowest BCUT2D eigenvalue weighted by Gasteiger charge is -2.06. The minimum absolute atomic E-state index is 0.236. The molecule has 0 bridgehead atoms. The molecule has 1 aromatic heterocycles. The van der Waals surface area contributed by atoms with Gasteiger partial charge in [-0.05, 0) is 31.7 Å². The average Bonchev–Trinajstić information content (AvgIpc) is 2.95. The molecule has 0 atom stereocenters. The van der Waals surface area contributed by atoms with Crippen molar-refractivity contribution in [3.63, 3.8) is 0 Å². The van der Waals surface area contributed by atoms with Crippen molar-refractivity contribution >= 4 is 5.97 Å². The van der Waals surface area contributed by atoms with E-state index >= 15 is 0 Å². The lowest BCUT2D eigenvalue weighted by Crippen LogP contribution is -2.07. The second kappa shape index (κ2) is 4.53. The molecule has 98 valence electrons. The fourth-order valence-corrected chi connectivity index (χ4v) is 2.68. The van der Waals surface area contributed by atoms with Crippen molar-refractivity contribution in [2.45, 2.75) is 32.7 Å². The Hall–Kier alpha value is -2.10. The quantitative estimate of drug-likeness (QED) is 0.917. The number of rotatable bonds is 3. The zero-order chi connectivity index (χ0) is 13.4. The number of carboxylic acid groups (broad SMARTS) is 1. The summed E-state index contributed by atoms with van der Waals surface area (Å²) in [5, 5.41) is 13.5. The number of hydrogen-bond acceptors (Lipinski definition) is 2. The number of hydrogen-bond donors (Lipinski definition) is 1. The van der Waals surface area contributed by atoms with Crippen LogP contribution in [0.25, 0.3) is 0 Å². The third kappa shape index (κ3) is 2.14. The van der Waals surface area contributed by atoms with Gasteiger partial charge in [0.25, 0.3) is 0 Å². The van der Waals surface area contributed by atoms with Crippen molar-refractivity contribution in [1.82, 2.24) is 9.78 Å². The van der Waals surface area contributed by atoms with Gasteiger partial charge in [0, 0.05) is 11.3 Å². The molecule has 4 heteroatoms.